The zero-order chi connectivity index (χ0) is 50.4. The number of carboxylic acid groups (broad SMARTS) is 2. The average Bonchev–Trinajstić information content (AvgIpc) is 3.79. The molecule has 1 heterocycles. The Morgan fingerprint density at radius 2 is 1.31 bits per heavy atom. The van der Waals surface area contributed by atoms with Gasteiger partial charge in [-0.25, -0.2) is 0 Å². The van der Waals surface area contributed by atoms with Crippen molar-refractivity contribution in [3.05, 3.63) is 35.9 Å². The Hall–Kier alpha value is -6.28. The molecule has 1 fully saturated rings. The Labute approximate surface area is 386 Å². The molecule has 10 atom stereocenters. The number of likely N-dealkylation sites (tertiary alicyclic amines) is 1. The summed E-state index contributed by atoms with van der Waals surface area (Å²) < 4.78 is 0. The Kier molecular flexibility index (Phi) is 24.3. The molecule has 0 aliphatic carbocycles. The molecule has 1 saturated heterocycles. The number of aliphatic hydroxyl groups is 3. The van der Waals surface area contributed by atoms with E-state index in [0.717, 1.165) is 4.90 Å². The van der Waals surface area contributed by atoms with Crippen LogP contribution in [-0.2, 0) is 54.4 Å². The number of amides is 8. The summed E-state index contributed by atoms with van der Waals surface area (Å²) in [5, 5.41) is 65.0. The standard InChI is InChI=1S/C42H66N10O15/c1-4-22(2)33(50-41(66)34(23(3)55)51-38(63)27(47-35(60)25(44)20-53)17-24-11-6-5-7-12-24)40(65)48-28(18-31(56)57)42(67)52-16-10-14-30(52)39(64)46-26(13-8-9-15-43)37(62)49-29(21-54)36(61)45-19-32(58)59/h5-7,11-12,22-23,25-30,33-34,53-55H,4,8-10,13-21,43-44H2,1-3H3,(H,45,61)(H,46,64)(H,47,60)(H,48,65)(H,49,62)(H,50,66)(H,51,63)(H,56,57)(H,58,59). The normalized spacial score (nSPS) is 17.4. The molecule has 10 unspecified atom stereocenters. The molecule has 16 N–H and O–H groups in total. The van der Waals surface area contributed by atoms with E-state index < -0.39 is 146 Å². The van der Waals surface area contributed by atoms with Gasteiger partial charge >= 0.3 is 11.9 Å². The quantitative estimate of drug-likeness (QED) is 0.0334. The van der Waals surface area contributed by atoms with Crippen molar-refractivity contribution in [3.63, 3.8) is 0 Å². The summed E-state index contributed by atoms with van der Waals surface area (Å²) in [5.41, 5.74) is 11.8. The van der Waals surface area contributed by atoms with Gasteiger partial charge in [-0.15, -0.1) is 0 Å². The van der Waals surface area contributed by atoms with Gasteiger partial charge in [-0.05, 0) is 57.1 Å². The van der Waals surface area contributed by atoms with E-state index in [1.807, 2.05) is 5.32 Å². The molecule has 1 aromatic carbocycles. The first kappa shape index (κ1) is 56.8. The predicted octanol–water partition coefficient (Wildman–Crippen LogP) is -5.33. The van der Waals surface area contributed by atoms with E-state index in [-0.39, 0.29) is 45.2 Å². The first-order valence-corrected chi connectivity index (χ1v) is 21.9. The number of nitrogens with zero attached hydrogens (tertiary/aromatic N) is 1. The molecule has 8 amide bonds. The lowest BCUT2D eigenvalue weighted by Gasteiger charge is -2.32. The highest BCUT2D eigenvalue weighted by Crippen LogP contribution is 2.21. The van der Waals surface area contributed by atoms with Crippen LogP contribution in [0.5, 0.6) is 0 Å². The van der Waals surface area contributed by atoms with Gasteiger partial charge in [0, 0.05) is 13.0 Å². The van der Waals surface area contributed by atoms with E-state index in [0.29, 0.717) is 18.4 Å². The molecule has 25 heteroatoms. The highest BCUT2D eigenvalue weighted by atomic mass is 16.4. The predicted molar refractivity (Wildman–Crippen MR) is 236 cm³/mol. The fourth-order valence-electron chi connectivity index (χ4n) is 6.95. The minimum atomic E-state index is -1.79. The fourth-order valence-corrected chi connectivity index (χ4v) is 6.95. The summed E-state index contributed by atoms with van der Waals surface area (Å²) in [6, 6.07) is -3.47. The van der Waals surface area contributed by atoms with E-state index in [4.69, 9.17) is 16.6 Å². The number of hydrogen-bond acceptors (Lipinski definition) is 15. The number of nitrogens with two attached hydrogens (primary N) is 2. The summed E-state index contributed by atoms with van der Waals surface area (Å²) >= 11 is 0. The third-order valence-corrected chi connectivity index (χ3v) is 10.9. The molecule has 2 rings (SSSR count). The van der Waals surface area contributed by atoms with Gasteiger partial charge in [-0.2, -0.15) is 0 Å². The zero-order valence-corrected chi connectivity index (χ0v) is 37.8. The number of rotatable bonds is 29. The largest absolute Gasteiger partial charge is 0.481 e. The maximum absolute atomic E-state index is 14.1. The number of carbonyl (C=O) groups is 10. The molecular weight excluding hydrogens is 885 g/mol. The van der Waals surface area contributed by atoms with E-state index in [1.165, 1.54) is 6.92 Å². The first-order chi connectivity index (χ1) is 31.7. The van der Waals surface area contributed by atoms with Gasteiger partial charge in [0.25, 0.3) is 0 Å². The van der Waals surface area contributed by atoms with Crippen LogP contribution in [0.1, 0.15) is 71.3 Å². The molecule has 1 aliphatic rings. The van der Waals surface area contributed by atoms with Gasteiger partial charge in [0.15, 0.2) is 0 Å². The van der Waals surface area contributed by atoms with Crippen LogP contribution in [0, 0.1) is 5.92 Å². The van der Waals surface area contributed by atoms with Gasteiger partial charge in [0.1, 0.15) is 54.9 Å². The number of carbonyl (C=O) groups excluding carboxylic acids is 8. The summed E-state index contributed by atoms with van der Waals surface area (Å²) in [6.07, 6.45) is -1.34. The van der Waals surface area contributed by atoms with Crippen LogP contribution < -0.4 is 48.7 Å². The van der Waals surface area contributed by atoms with Crippen LogP contribution in [0.15, 0.2) is 30.3 Å². The Bertz CT molecular complexity index is 1870. The van der Waals surface area contributed by atoms with Crippen LogP contribution >= 0.6 is 0 Å². The average molecular weight is 951 g/mol. The number of aliphatic hydroxyl groups excluding tert-OH is 3. The van der Waals surface area contributed by atoms with Crippen molar-refractivity contribution in [2.75, 3.05) is 32.8 Å². The van der Waals surface area contributed by atoms with Crippen molar-refractivity contribution < 1.29 is 73.5 Å². The van der Waals surface area contributed by atoms with Crippen LogP contribution in [-0.4, -0.2) is 177 Å². The van der Waals surface area contributed by atoms with Gasteiger partial charge in [-0.3, -0.25) is 47.9 Å². The number of hydrogen-bond donors (Lipinski definition) is 14. The fraction of sp³-hybridized carbons (Fsp3) is 0.619. The molecule has 67 heavy (non-hydrogen) atoms. The number of aliphatic carboxylic acids is 2. The SMILES string of the molecule is CCC(C)C(NC(=O)C(NC(=O)C(Cc1ccccc1)NC(=O)C(N)CO)C(C)O)C(=O)NC(CC(=O)O)C(=O)N1CCCC1C(=O)NC(CCCCN)C(=O)NC(CO)C(=O)NCC(=O)O. The lowest BCUT2D eigenvalue weighted by molar-refractivity contribution is -0.146. The number of carboxylic acids is 2. The van der Waals surface area contributed by atoms with Crippen molar-refractivity contribution >= 4 is 59.2 Å². The summed E-state index contributed by atoms with van der Waals surface area (Å²) in [7, 11) is 0. The van der Waals surface area contributed by atoms with Crippen molar-refractivity contribution in [1.82, 2.24) is 42.1 Å². The molecule has 1 aliphatic heterocycles. The summed E-state index contributed by atoms with van der Waals surface area (Å²) in [4.78, 5) is 132. The summed E-state index contributed by atoms with van der Waals surface area (Å²) in [6.45, 7) is 2.15. The third-order valence-electron chi connectivity index (χ3n) is 10.9. The molecule has 25 nitrogen and oxygen atoms in total. The van der Waals surface area contributed by atoms with E-state index in [1.54, 1.807) is 44.2 Å². The van der Waals surface area contributed by atoms with Crippen LogP contribution in [0.2, 0.25) is 0 Å². The maximum atomic E-state index is 14.1. The minimum Gasteiger partial charge on any atom is -0.481 e. The number of nitrogens with one attached hydrogen (secondary N) is 7. The number of unbranched alkanes of at least 4 members (excludes halogenated alkanes) is 1. The lowest BCUT2D eigenvalue weighted by Crippen LogP contribution is -2.63. The molecule has 0 bridgehead atoms. The van der Waals surface area contributed by atoms with Gasteiger partial charge in [0.05, 0.1) is 25.7 Å². The minimum absolute atomic E-state index is 0.00544. The van der Waals surface area contributed by atoms with E-state index in [9.17, 15) is 68.4 Å². The van der Waals surface area contributed by atoms with Gasteiger partial charge < -0.3 is 79.1 Å². The van der Waals surface area contributed by atoms with Crippen molar-refractivity contribution in [1.29, 1.82) is 0 Å². The maximum Gasteiger partial charge on any atom is 0.322 e. The lowest BCUT2D eigenvalue weighted by atomic mass is 9.96. The monoisotopic (exact) mass is 950 g/mol. The van der Waals surface area contributed by atoms with Crippen LogP contribution in [0.3, 0.4) is 0 Å². The van der Waals surface area contributed by atoms with Crippen molar-refractivity contribution in [2.45, 2.75) is 127 Å². The molecular formula is C42H66N10O15. The molecule has 374 valence electrons. The smallest absolute Gasteiger partial charge is 0.322 e. The second kappa shape index (κ2) is 28.7. The van der Waals surface area contributed by atoms with E-state index >= 15 is 0 Å². The molecule has 0 saturated carbocycles. The van der Waals surface area contributed by atoms with E-state index in [2.05, 4.69) is 31.9 Å². The second-order valence-electron chi connectivity index (χ2n) is 16.2. The van der Waals surface area contributed by atoms with Crippen LogP contribution in [0.25, 0.3) is 0 Å². The van der Waals surface area contributed by atoms with Crippen molar-refractivity contribution in [2.24, 2.45) is 17.4 Å². The Balaban J connectivity index is 2.33. The number of benzene rings is 1. The summed E-state index contributed by atoms with van der Waals surface area (Å²) in [5.74, 6) is -11.2. The van der Waals surface area contributed by atoms with Crippen molar-refractivity contribution in [3.8, 4) is 0 Å². The first-order valence-electron chi connectivity index (χ1n) is 21.9. The zero-order valence-electron chi connectivity index (χ0n) is 37.8. The second-order valence-corrected chi connectivity index (χ2v) is 16.2. The van der Waals surface area contributed by atoms with Crippen LogP contribution in [0.4, 0.5) is 0 Å². The molecule has 0 radical (unpaired) electrons. The third kappa shape index (κ3) is 18.5. The topological polar surface area (TPSA) is 411 Å². The molecule has 0 aromatic heterocycles. The highest BCUT2D eigenvalue weighted by Gasteiger charge is 2.41. The van der Waals surface area contributed by atoms with Gasteiger partial charge in [-0.1, -0.05) is 50.6 Å². The molecule has 0 spiro atoms. The highest BCUT2D eigenvalue weighted by molar-refractivity contribution is 5.99. The Morgan fingerprint density at radius 1 is 0.716 bits per heavy atom. The molecule has 1 aromatic rings. The van der Waals surface area contributed by atoms with Gasteiger partial charge in [0.2, 0.25) is 47.3 Å². The Morgan fingerprint density at radius 3 is 1.88 bits per heavy atom.